The van der Waals surface area contributed by atoms with E-state index in [0.717, 1.165) is 36.6 Å². The van der Waals surface area contributed by atoms with E-state index in [2.05, 4.69) is 48.3 Å². The Balaban J connectivity index is 2.05. The summed E-state index contributed by atoms with van der Waals surface area (Å²) in [6.07, 6.45) is 9.74. The molecule has 158 valence electrons. The van der Waals surface area contributed by atoms with Gasteiger partial charge in [-0.3, -0.25) is 10.1 Å². The average Bonchev–Trinajstić information content (AvgIpc) is 2.74. The number of unbranched alkanes of at least 4 members (excludes halogenated alkanes) is 6. The Labute approximate surface area is 175 Å². The lowest BCUT2D eigenvalue weighted by Gasteiger charge is -2.25. The second-order valence-corrected chi connectivity index (χ2v) is 7.52. The van der Waals surface area contributed by atoms with Crippen LogP contribution in [0, 0.1) is 10.1 Å². The average molecular weight is 398 g/mol. The number of hydrogen-bond donors (Lipinski definition) is 1. The summed E-state index contributed by atoms with van der Waals surface area (Å²) in [7, 11) is 0. The van der Waals surface area contributed by atoms with Gasteiger partial charge in [0.15, 0.2) is 0 Å². The van der Waals surface area contributed by atoms with E-state index in [4.69, 9.17) is 0 Å². The first-order chi connectivity index (χ1) is 14.2. The molecule has 0 aliphatic heterocycles. The van der Waals surface area contributed by atoms with Gasteiger partial charge in [-0.1, -0.05) is 52.4 Å². The molecule has 2 aromatic rings. The molecule has 0 spiro atoms. The summed E-state index contributed by atoms with van der Waals surface area (Å²) in [4.78, 5) is 12.9. The van der Waals surface area contributed by atoms with Crippen molar-refractivity contribution >= 4 is 22.7 Å². The number of non-ortho nitro benzene ring substituents is 1. The number of nitrogens with one attached hydrogen (secondary N) is 1. The number of anilines is 3. The van der Waals surface area contributed by atoms with Gasteiger partial charge in [-0.15, -0.1) is 0 Å². The first-order valence-corrected chi connectivity index (χ1v) is 11.0. The minimum atomic E-state index is -0.351. The molecule has 5 nitrogen and oxygen atoms in total. The quantitative estimate of drug-likeness (QED) is 0.206. The molecule has 2 rings (SSSR count). The number of benzene rings is 2. The third kappa shape index (κ3) is 7.76. The fraction of sp³-hybridized carbons (Fsp3) is 0.500. The van der Waals surface area contributed by atoms with E-state index in [-0.39, 0.29) is 10.6 Å². The Kier molecular flexibility index (Phi) is 10.0. The van der Waals surface area contributed by atoms with Crippen molar-refractivity contribution in [3.8, 4) is 0 Å². The number of hydrogen-bond acceptors (Lipinski definition) is 4. The van der Waals surface area contributed by atoms with Gasteiger partial charge in [-0.25, -0.2) is 0 Å². The zero-order valence-electron chi connectivity index (χ0n) is 17.9. The van der Waals surface area contributed by atoms with Crippen molar-refractivity contribution in [2.45, 2.75) is 65.2 Å². The molecule has 0 fully saturated rings. The largest absolute Gasteiger partial charge is 0.385 e. The highest BCUT2D eigenvalue weighted by molar-refractivity contribution is 5.66. The van der Waals surface area contributed by atoms with E-state index in [9.17, 15) is 10.1 Å². The van der Waals surface area contributed by atoms with Crippen LogP contribution in [0.2, 0.25) is 0 Å². The fourth-order valence-corrected chi connectivity index (χ4v) is 3.40. The summed E-state index contributed by atoms with van der Waals surface area (Å²) >= 11 is 0. The molecule has 0 saturated carbocycles. The zero-order valence-corrected chi connectivity index (χ0v) is 17.9. The molecule has 0 heterocycles. The van der Waals surface area contributed by atoms with E-state index in [1.54, 1.807) is 12.1 Å². The molecule has 0 aliphatic carbocycles. The van der Waals surface area contributed by atoms with Crippen LogP contribution in [-0.2, 0) is 0 Å². The van der Waals surface area contributed by atoms with E-state index < -0.39 is 0 Å². The zero-order chi connectivity index (χ0) is 20.9. The van der Waals surface area contributed by atoms with Crippen molar-refractivity contribution in [2.75, 3.05) is 23.3 Å². The Morgan fingerprint density at radius 1 is 0.793 bits per heavy atom. The van der Waals surface area contributed by atoms with E-state index in [1.165, 1.54) is 44.9 Å². The molecule has 2 aromatic carbocycles. The van der Waals surface area contributed by atoms with Gasteiger partial charge in [-0.05, 0) is 49.2 Å². The number of nitro benzene ring substituents is 1. The molecular weight excluding hydrogens is 362 g/mol. The monoisotopic (exact) mass is 397 g/mol. The third-order valence-corrected chi connectivity index (χ3v) is 5.15. The fourth-order valence-electron chi connectivity index (χ4n) is 3.40. The van der Waals surface area contributed by atoms with Crippen LogP contribution in [0.1, 0.15) is 65.2 Å². The summed E-state index contributed by atoms with van der Waals surface area (Å²) < 4.78 is 0. The lowest BCUT2D eigenvalue weighted by atomic mass is 10.1. The van der Waals surface area contributed by atoms with E-state index in [0.29, 0.717) is 0 Å². The molecule has 0 bridgehead atoms. The van der Waals surface area contributed by atoms with Gasteiger partial charge < -0.3 is 10.2 Å². The molecule has 0 saturated heterocycles. The van der Waals surface area contributed by atoms with Crippen LogP contribution in [0.4, 0.5) is 22.7 Å². The molecule has 1 N–H and O–H groups in total. The lowest BCUT2D eigenvalue weighted by molar-refractivity contribution is -0.384. The summed E-state index contributed by atoms with van der Waals surface area (Å²) in [6.45, 7) is 6.34. The molecule has 5 heteroatoms. The van der Waals surface area contributed by atoms with Crippen molar-refractivity contribution in [2.24, 2.45) is 0 Å². The van der Waals surface area contributed by atoms with Crippen LogP contribution in [0.15, 0.2) is 48.5 Å². The molecule has 0 unspecified atom stereocenters. The highest BCUT2D eigenvalue weighted by Crippen LogP contribution is 2.29. The van der Waals surface area contributed by atoms with Crippen molar-refractivity contribution in [3.05, 3.63) is 58.6 Å². The maximum atomic E-state index is 11.0. The van der Waals surface area contributed by atoms with Gasteiger partial charge >= 0.3 is 0 Å². The van der Waals surface area contributed by atoms with Crippen LogP contribution < -0.4 is 10.2 Å². The smallest absolute Gasteiger partial charge is 0.269 e. The Bertz CT molecular complexity index is 714. The molecule has 29 heavy (non-hydrogen) atoms. The summed E-state index contributed by atoms with van der Waals surface area (Å²) in [5, 5.41) is 14.5. The van der Waals surface area contributed by atoms with Crippen LogP contribution in [-0.4, -0.2) is 18.0 Å². The van der Waals surface area contributed by atoms with E-state index in [1.807, 2.05) is 12.1 Å². The minimum Gasteiger partial charge on any atom is -0.385 e. The summed E-state index contributed by atoms with van der Waals surface area (Å²) in [5.41, 5.74) is 3.38. The number of rotatable bonds is 14. The highest BCUT2D eigenvalue weighted by atomic mass is 16.6. The van der Waals surface area contributed by atoms with Crippen LogP contribution in [0.3, 0.4) is 0 Å². The molecule has 0 aromatic heterocycles. The van der Waals surface area contributed by atoms with Crippen LogP contribution in [0.5, 0.6) is 0 Å². The first kappa shape index (κ1) is 22.7. The molecule has 0 aliphatic rings. The second kappa shape index (κ2) is 12.8. The van der Waals surface area contributed by atoms with Crippen LogP contribution in [0.25, 0.3) is 0 Å². The number of nitro groups is 1. The standard InChI is InChI=1S/C24H35N3O2/c1-3-5-7-9-19-25-21-11-13-22(14-12-21)26(20-10-8-6-4-2)23-15-17-24(18-16-23)27(28)29/h11-18,25H,3-10,19-20H2,1-2H3. The third-order valence-electron chi connectivity index (χ3n) is 5.15. The van der Waals surface area contributed by atoms with Gasteiger partial charge in [0.1, 0.15) is 0 Å². The maximum absolute atomic E-state index is 11.0. The molecule has 0 radical (unpaired) electrons. The molecule has 0 amide bonds. The van der Waals surface area contributed by atoms with Crippen molar-refractivity contribution < 1.29 is 4.92 Å². The maximum Gasteiger partial charge on any atom is 0.269 e. The van der Waals surface area contributed by atoms with Crippen molar-refractivity contribution in [3.63, 3.8) is 0 Å². The Morgan fingerprint density at radius 2 is 1.34 bits per heavy atom. The van der Waals surface area contributed by atoms with Gasteiger partial charge in [0.2, 0.25) is 0 Å². The van der Waals surface area contributed by atoms with Crippen LogP contribution >= 0.6 is 0 Å². The summed E-state index contributed by atoms with van der Waals surface area (Å²) in [6, 6.07) is 15.4. The molecule has 0 atom stereocenters. The first-order valence-electron chi connectivity index (χ1n) is 11.0. The summed E-state index contributed by atoms with van der Waals surface area (Å²) in [5.74, 6) is 0. The minimum absolute atomic E-state index is 0.127. The van der Waals surface area contributed by atoms with E-state index >= 15 is 0 Å². The second-order valence-electron chi connectivity index (χ2n) is 7.52. The topological polar surface area (TPSA) is 58.4 Å². The van der Waals surface area contributed by atoms with Crippen molar-refractivity contribution in [1.82, 2.24) is 0 Å². The highest BCUT2D eigenvalue weighted by Gasteiger charge is 2.12. The van der Waals surface area contributed by atoms with Gasteiger partial charge in [0.25, 0.3) is 5.69 Å². The van der Waals surface area contributed by atoms with Gasteiger partial charge in [0, 0.05) is 42.3 Å². The Hall–Kier alpha value is -2.56. The van der Waals surface area contributed by atoms with Crippen molar-refractivity contribution in [1.29, 1.82) is 0 Å². The van der Waals surface area contributed by atoms with Gasteiger partial charge in [0.05, 0.1) is 4.92 Å². The predicted octanol–water partition coefficient (Wildman–Crippen LogP) is 7.31. The Morgan fingerprint density at radius 3 is 1.90 bits per heavy atom. The molecular formula is C24H35N3O2. The normalized spacial score (nSPS) is 10.7. The SMILES string of the molecule is CCCCCCNc1ccc(N(CCCCCC)c2ccc([N+](=O)[O-])cc2)cc1. The lowest BCUT2D eigenvalue weighted by Crippen LogP contribution is -2.18. The number of nitrogens with zero attached hydrogens (tertiary/aromatic N) is 2. The van der Waals surface area contributed by atoms with Gasteiger partial charge in [-0.2, -0.15) is 0 Å². The predicted molar refractivity (Wildman–Crippen MR) is 123 cm³/mol.